The number of nitrogens with one attached hydrogen (secondary N) is 1. The molecule has 0 heterocycles. The van der Waals surface area contributed by atoms with Gasteiger partial charge in [0.2, 0.25) is 0 Å². The van der Waals surface area contributed by atoms with Crippen LogP contribution in [-0.2, 0) is 4.74 Å². The van der Waals surface area contributed by atoms with Gasteiger partial charge in [0.25, 0.3) is 0 Å². The standard InChI is InChI=1S/C19H22FN3O2/c1-21-18-6-2-16(3-7-18)14-22-23-15-17-4-8-19(9-5-17)25-13-12-24-11-10-20/h2-9,14-15,21H,10-13H2,1H3/b22-14+,23-15+. The first-order valence-electron chi connectivity index (χ1n) is 8.02. The Hall–Kier alpha value is -2.73. The fourth-order valence-corrected chi connectivity index (χ4v) is 1.96. The van der Waals surface area contributed by atoms with E-state index in [0.29, 0.717) is 13.2 Å². The van der Waals surface area contributed by atoms with Crippen LogP contribution in [0.15, 0.2) is 58.7 Å². The van der Waals surface area contributed by atoms with Gasteiger partial charge in [-0.1, -0.05) is 12.1 Å². The Morgan fingerprint density at radius 2 is 1.48 bits per heavy atom. The second-order valence-corrected chi connectivity index (χ2v) is 5.08. The third kappa shape index (κ3) is 7.14. The fourth-order valence-electron chi connectivity index (χ4n) is 1.96. The molecule has 0 bridgehead atoms. The molecule has 0 amide bonds. The summed E-state index contributed by atoms with van der Waals surface area (Å²) in [4.78, 5) is 0. The van der Waals surface area contributed by atoms with Crippen molar-refractivity contribution in [3.05, 3.63) is 59.7 Å². The lowest BCUT2D eigenvalue weighted by atomic mass is 10.2. The predicted octanol–water partition coefficient (Wildman–Crippen LogP) is 3.55. The quantitative estimate of drug-likeness (QED) is 0.408. The lowest BCUT2D eigenvalue weighted by molar-refractivity contribution is 0.0897. The van der Waals surface area contributed by atoms with Crippen LogP contribution in [0.3, 0.4) is 0 Å². The van der Waals surface area contributed by atoms with Crippen LogP contribution in [0.2, 0.25) is 0 Å². The Kier molecular flexibility index (Phi) is 8.14. The van der Waals surface area contributed by atoms with E-state index in [2.05, 4.69) is 15.5 Å². The normalized spacial score (nSPS) is 11.3. The van der Waals surface area contributed by atoms with Crippen LogP contribution >= 0.6 is 0 Å². The molecule has 0 unspecified atom stereocenters. The maximum Gasteiger partial charge on any atom is 0.119 e. The minimum absolute atomic E-state index is 0.110. The molecule has 132 valence electrons. The minimum Gasteiger partial charge on any atom is -0.491 e. The SMILES string of the molecule is CNc1ccc(/C=N/N=C/c2ccc(OCCOCCF)cc2)cc1. The summed E-state index contributed by atoms with van der Waals surface area (Å²) < 4.78 is 22.3. The smallest absolute Gasteiger partial charge is 0.119 e. The zero-order valence-corrected chi connectivity index (χ0v) is 14.2. The van der Waals surface area contributed by atoms with Crippen molar-refractivity contribution < 1.29 is 13.9 Å². The average Bonchev–Trinajstić information content (AvgIpc) is 2.66. The van der Waals surface area contributed by atoms with Gasteiger partial charge in [-0.25, -0.2) is 4.39 Å². The molecular weight excluding hydrogens is 321 g/mol. The zero-order chi connectivity index (χ0) is 17.7. The Balaban J connectivity index is 1.77. The van der Waals surface area contributed by atoms with E-state index in [1.807, 2.05) is 55.6 Å². The highest BCUT2D eigenvalue weighted by molar-refractivity contribution is 5.83. The van der Waals surface area contributed by atoms with Crippen LogP contribution in [0, 0.1) is 0 Å². The van der Waals surface area contributed by atoms with Gasteiger partial charge >= 0.3 is 0 Å². The van der Waals surface area contributed by atoms with Crippen LogP contribution in [0.4, 0.5) is 10.1 Å². The van der Waals surface area contributed by atoms with Crippen molar-refractivity contribution in [1.29, 1.82) is 0 Å². The first kappa shape index (κ1) is 18.6. The van der Waals surface area contributed by atoms with E-state index >= 15 is 0 Å². The van der Waals surface area contributed by atoms with Crippen molar-refractivity contribution >= 4 is 18.1 Å². The Labute approximate surface area is 147 Å². The summed E-state index contributed by atoms with van der Waals surface area (Å²) in [5.41, 5.74) is 2.95. The molecule has 2 aromatic carbocycles. The van der Waals surface area contributed by atoms with Gasteiger partial charge in [-0.05, 0) is 47.5 Å². The highest BCUT2D eigenvalue weighted by Crippen LogP contribution is 2.11. The van der Waals surface area contributed by atoms with Crippen molar-refractivity contribution in [1.82, 2.24) is 0 Å². The number of hydrogen-bond acceptors (Lipinski definition) is 5. The lowest BCUT2D eigenvalue weighted by Gasteiger charge is -2.06. The van der Waals surface area contributed by atoms with Crippen LogP contribution in [0.1, 0.15) is 11.1 Å². The number of nitrogens with zero attached hydrogens (tertiary/aromatic N) is 2. The molecule has 6 heteroatoms. The largest absolute Gasteiger partial charge is 0.491 e. The van der Waals surface area contributed by atoms with E-state index in [9.17, 15) is 4.39 Å². The molecule has 0 spiro atoms. The van der Waals surface area contributed by atoms with Gasteiger partial charge in [0, 0.05) is 12.7 Å². The van der Waals surface area contributed by atoms with E-state index in [0.717, 1.165) is 22.6 Å². The minimum atomic E-state index is -0.474. The number of rotatable bonds is 10. The summed E-state index contributed by atoms with van der Waals surface area (Å²) in [6, 6.07) is 15.4. The third-order valence-corrected chi connectivity index (χ3v) is 3.28. The van der Waals surface area contributed by atoms with Crippen LogP contribution in [0.25, 0.3) is 0 Å². The van der Waals surface area contributed by atoms with E-state index in [4.69, 9.17) is 9.47 Å². The van der Waals surface area contributed by atoms with Gasteiger partial charge in [-0.15, -0.1) is 0 Å². The summed E-state index contributed by atoms with van der Waals surface area (Å²) in [7, 11) is 1.88. The fraction of sp³-hybridized carbons (Fsp3) is 0.263. The van der Waals surface area contributed by atoms with Gasteiger partial charge in [0.1, 0.15) is 19.0 Å². The summed E-state index contributed by atoms with van der Waals surface area (Å²) in [5, 5.41) is 11.1. The number of ether oxygens (including phenoxy) is 2. The Morgan fingerprint density at radius 1 is 0.880 bits per heavy atom. The molecule has 0 radical (unpaired) electrons. The first-order chi connectivity index (χ1) is 12.3. The molecule has 0 atom stereocenters. The predicted molar refractivity (Wildman–Crippen MR) is 99.9 cm³/mol. The topological polar surface area (TPSA) is 55.2 Å². The summed E-state index contributed by atoms with van der Waals surface area (Å²) >= 11 is 0. The van der Waals surface area contributed by atoms with Crippen molar-refractivity contribution in [2.45, 2.75) is 0 Å². The van der Waals surface area contributed by atoms with Crippen molar-refractivity contribution in [2.75, 3.05) is 38.9 Å². The Morgan fingerprint density at radius 3 is 2.04 bits per heavy atom. The number of hydrogen-bond donors (Lipinski definition) is 1. The maximum atomic E-state index is 11.9. The number of benzene rings is 2. The molecule has 2 aromatic rings. The van der Waals surface area contributed by atoms with Crippen LogP contribution in [0.5, 0.6) is 5.75 Å². The van der Waals surface area contributed by atoms with Crippen LogP contribution in [-0.4, -0.2) is 46.0 Å². The zero-order valence-electron chi connectivity index (χ0n) is 14.2. The summed E-state index contributed by atoms with van der Waals surface area (Å²) in [6.45, 7) is 0.401. The second kappa shape index (κ2) is 10.9. The number of halogens is 1. The molecule has 0 saturated carbocycles. The average molecular weight is 343 g/mol. The molecule has 0 aliphatic carbocycles. The maximum absolute atomic E-state index is 11.9. The first-order valence-corrected chi connectivity index (χ1v) is 8.02. The monoisotopic (exact) mass is 343 g/mol. The van der Waals surface area contributed by atoms with Crippen LogP contribution < -0.4 is 10.1 Å². The van der Waals surface area contributed by atoms with E-state index in [1.165, 1.54) is 0 Å². The van der Waals surface area contributed by atoms with Gasteiger partial charge in [-0.2, -0.15) is 10.2 Å². The number of alkyl halides is 1. The van der Waals surface area contributed by atoms with Crippen molar-refractivity contribution in [3.8, 4) is 5.75 Å². The molecule has 0 saturated heterocycles. The third-order valence-electron chi connectivity index (χ3n) is 3.28. The van der Waals surface area contributed by atoms with E-state index in [1.54, 1.807) is 12.4 Å². The molecular formula is C19H22FN3O2. The number of anilines is 1. The molecule has 0 aliphatic heterocycles. The van der Waals surface area contributed by atoms with Gasteiger partial charge in [0.15, 0.2) is 0 Å². The van der Waals surface area contributed by atoms with Crippen molar-refractivity contribution in [3.63, 3.8) is 0 Å². The Bertz CT molecular complexity index is 670. The molecule has 1 N–H and O–H groups in total. The van der Waals surface area contributed by atoms with Gasteiger partial charge in [-0.3, -0.25) is 0 Å². The van der Waals surface area contributed by atoms with Gasteiger partial charge in [0.05, 0.1) is 25.6 Å². The summed E-state index contributed by atoms with van der Waals surface area (Å²) in [6.07, 6.45) is 3.37. The molecule has 2 rings (SSSR count). The molecule has 0 aromatic heterocycles. The molecule has 5 nitrogen and oxygen atoms in total. The highest BCUT2D eigenvalue weighted by atomic mass is 19.1. The van der Waals surface area contributed by atoms with E-state index < -0.39 is 6.67 Å². The van der Waals surface area contributed by atoms with Crippen molar-refractivity contribution in [2.24, 2.45) is 10.2 Å². The highest BCUT2D eigenvalue weighted by Gasteiger charge is 1.95. The molecule has 0 fully saturated rings. The van der Waals surface area contributed by atoms with Gasteiger partial charge < -0.3 is 14.8 Å². The summed E-state index contributed by atoms with van der Waals surface area (Å²) in [5.74, 6) is 0.731. The molecule has 0 aliphatic rings. The second-order valence-electron chi connectivity index (χ2n) is 5.08. The lowest BCUT2D eigenvalue weighted by Crippen LogP contribution is -2.08. The van der Waals surface area contributed by atoms with E-state index in [-0.39, 0.29) is 6.61 Å². The molecule has 25 heavy (non-hydrogen) atoms.